The average molecular weight is 251 g/mol. The van der Waals surface area contributed by atoms with Crippen molar-refractivity contribution in [3.05, 3.63) is 23.4 Å². The number of hydrogen-bond acceptors (Lipinski definition) is 3. The lowest BCUT2D eigenvalue weighted by Gasteiger charge is -2.21. The molecule has 3 nitrogen and oxygen atoms in total. The van der Waals surface area contributed by atoms with Crippen molar-refractivity contribution in [1.82, 2.24) is 4.98 Å². The second-order valence-corrected chi connectivity index (χ2v) is 5.78. The Hall–Kier alpha value is -1.03. The molecule has 1 aromatic rings. The van der Waals surface area contributed by atoms with E-state index < -0.39 is 5.97 Å². The fourth-order valence-electron chi connectivity index (χ4n) is 2.13. The van der Waals surface area contributed by atoms with Crippen molar-refractivity contribution >= 4 is 17.7 Å². The van der Waals surface area contributed by atoms with E-state index in [1.54, 1.807) is 23.9 Å². The summed E-state index contributed by atoms with van der Waals surface area (Å²) in [5.41, 5.74) is 1.22. The first-order chi connectivity index (χ1) is 8.16. The maximum Gasteiger partial charge on any atom is 0.338 e. The minimum Gasteiger partial charge on any atom is -0.478 e. The van der Waals surface area contributed by atoms with Gasteiger partial charge in [0.15, 0.2) is 0 Å². The van der Waals surface area contributed by atoms with Gasteiger partial charge in [-0.25, -0.2) is 9.78 Å². The number of hydrogen-bond donors (Lipinski definition) is 1. The van der Waals surface area contributed by atoms with Crippen molar-refractivity contribution in [3.8, 4) is 0 Å². The summed E-state index contributed by atoms with van der Waals surface area (Å²) >= 11 is 1.64. The van der Waals surface area contributed by atoms with E-state index in [-0.39, 0.29) is 0 Å². The lowest BCUT2D eigenvalue weighted by atomic mass is 10.0. The third-order valence-electron chi connectivity index (χ3n) is 3.06. The fourth-order valence-corrected chi connectivity index (χ4v) is 3.49. The largest absolute Gasteiger partial charge is 0.478 e. The Morgan fingerprint density at radius 1 is 1.35 bits per heavy atom. The van der Waals surface area contributed by atoms with Crippen LogP contribution in [0.2, 0.25) is 0 Å². The highest BCUT2D eigenvalue weighted by atomic mass is 32.2. The smallest absolute Gasteiger partial charge is 0.338 e. The molecule has 0 atom stereocenters. The Morgan fingerprint density at radius 3 is 2.71 bits per heavy atom. The molecule has 0 saturated heterocycles. The Bertz CT molecular complexity index is 414. The zero-order valence-corrected chi connectivity index (χ0v) is 10.8. The van der Waals surface area contributed by atoms with Gasteiger partial charge in [0.25, 0.3) is 0 Å². The number of aromatic nitrogens is 1. The molecule has 0 radical (unpaired) electrons. The molecule has 0 amide bonds. The number of carboxylic acids is 1. The van der Waals surface area contributed by atoms with Crippen LogP contribution >= 0.6 is 11.8 Å². The van der Waals surface area contributed by atoms with E-state index in [1.807, 2.05) is 6.92 Å². The van der Waals surface area contributed by atoms with Gasteiger partial charge in [-0.1, -0.05) is 19.3 Å². The van der Waals surface area contributed by atoms with Crippen LogP contribution in [0.15, 0.2) is 17.2 Å². The van der Waals surface area contributed by atoms with Crippen LogP contribution in [-0.4, -0.2) is 21.3 Å². The summed E-state index contributed by atoms with van der Waals surface area (Å²) in [5.74, 6) is -0.879. The molecular weight excluding hydrogens is 234 g/mol. The second-order valence-electron chi connectivity index (χ2n) is 4.49. The fraction of sp³-hybridized carbons (Fsp3) is 0.538. The zero-order chi connectivity index (χ0) is 12.3. The summed E-state index contributed by atoms with van der Waals surface area (Å²) in [6.07, 6.45) is 6.18. The summed E-state index contributed by atoms with van der Waals surface area (Å²) in [6, 6.07) is 3.42. The van der Waals surface area contributed by atoms with Crippen LogP contribution in [0.1, 0.15) is 48.2 Å². The third kappa shape index (κ3) is 3.22. The van der Waals surface area contributed by atoms with Gasteiger partial charge in [0.1, 0.15) is 5.03 Å². The number of aromatic carboxylic acids is 1. The van der Waals surface area contributed by atoms with Gasteiger partial charge in [-0.2, -0.15) is 0 Å². The van der Waals surface area contributed by atoms with Crippen molar-refractivity contribution in [2.24, 2.45) is 0 Å². The van der Waals surface area contributed by atoms with Gasteiger partial charge in [0, 0.05) is 10.9 Å². The van der Waals surface area contributed by atoms with Crippen molar-refractivity contribution in [2.45, 2.75) is 49.3 Å². The molecule has 1 aliphatic rings. The number of rotatable bonds is 3. The lowest BCUT2D eigenvalue weighted by Crippen LogP contribution is -2.10. The van der Waals surface area contributed by atoms with Crippen molar-refractivity contribution in [3.63, 3.8) is 0 Å². The molecule has 17 heavy (non-hydrogen) atoms. The minimum absolute atomic E-state index is 0.339. The maximum atomic E-state index is 11.1. The first-order valence-electron chi connectivity index (χ1n) is 6.04. The number of pyridine rings is 1. The standard InChI is InChI=1S/C13H17NO2S/c1-9-7-8-11(13(15)16)12(14-9)17-10-5-3-2-4-6-10/h7-8,10H,2-6H2,1H3,(H,15,16). The molecule has 0 spiro atoms. The summed E-state index contributed by atoms with van der Waals surface area (Å²) < 4.78 is 0. The molecule has 1 fully saturated rings. The van der Waals surface area contributed by atoms with Crippen molar-refractivity contribution in [2.75, 3.05) is 0 Å². The summed E-state index contributed by atoms with van der Waals surface area (Å²) in [4.78, 5) is 15.5. The first-order valence-corrected chi connectivity index (χ1v) is 6.92. The molecule has 1 aromatic heterocycles. The maximum absolute atomic E-state index is 11.1. The van der Waals surface area contributed by atoms with Gasteiger partial charge in [-0.05, 0) is 31.9 Å². The average Bonchev–Trinajstić information content (AvgIpc) is 2.30. The van der Waals surface area contributed by atoms with E-state index in [0.29, 0.717) is 15.8 Å². The second kappa shape index (κ2) is 5.54. The monoisotopic (exact) mass is 251 g/mol. The van der Waals surface area contributed by atoms with E-state index in [0.717, 1.165) is 5.69 Å². The van der Waals surface area contributed by atoms with Crippen molar-refractivity contribution in [1.29, 1.82) is 0 Å². The van der Waals surface area contributed by atoms with E-state index >= 15 is 0 Å². The van der Waals surface area contributed by atoms with E-state index in [2.05, 4.69) is 4.98 Å². The molecule has 0 unspecified atom stereocenters. The van der Waals surface area contributed by atoms with E-state index in [9.17, 15) is 4.79 Å². The number of carboxylic acid groups (broad SMARTS) is 1. The molecular formula is C13H17NO2S. The first kappa shape index (κ1) is 12.4. The summed E-state index contributed by atoms with van der Waals surface area (Å²) in [6.45, 7) is 1.90. The normalized spacial score (nSPS) is 17.0. The Kier molecular flexibility index (Phi) is 4.05. The molecule has 0 aliphatic heterocycles. The van der Waals surface area contributed by atoms with Crippen LogP contribution in [-0.2, 0) is 0 Å². The Morgan fingerprint density at radius 2 is 2.06 bits per heavy atom. The number of nitrogens with zero attached hydrogens (tertiary/aromatic N) is 1. The Balaban J connectivity index is 2.17. The van der Waals surface area contributed by atoms with Gasteiger partial charge in [-0.3, -0.25) is 0 Å². The number of aryl methyl sites for hydroxylation is 1. The topological polar surface area (TPSA) is 50.2 Å². The lowest BCUT2D eigenvalue weighted by molar-refractivity contribution is 0.0692. The molecule has 1 N–H and O–H groups in total. The quantitative estimate of drug-likeness (QED) is 0.893. The van der Waals surface area contributed by atoms with E-state index in [4.69, 9.17) is 5.11 Å². The predicted molar refractivity (Wildman–Crippen MR) is 68.7 cm³/mol. The molecule has 0 aromatic carbocycles. The summed E-state index contributed by atoms with van der Waals surface area (Å²) in [5, 5.41) is 10.4. The highest BCUT2D eigenvalue weighted by Gasteiger charge is 2.19. The molecule has 2 rings (SSSR count). The molecule has 4 heteroatoms. The predicted octanol–water partition coefficient (Wildman–Crippen LogP) is 3.51. The molecule has 0 bridgehead atoms. The third-order valence-corrected chi connectivity index (χ3v) is 4.40. The molecule has 1 saturated carbocycles. The van der Waals surface area contributed by atoms with Gasteiger partial charge in [-0.15, -0.1) is 11.8 Å². The van der Waals surface area contributed by atoms with Crippen LogP contribution in [0.25, 0.3) is 0 Å². The van der Waals surface area contributed by atoms with Crippen LogP contribution in [0.3, 0.4) is 0 Å². The highest BCUT2D eigenvalue weighted by molar-refractivity contribution is 7.99. The summed E-state index contributed by atoms with van der Waals surface area (Å²) in [7, 11) is 0. The van der Waals surface area contributed by atoms with Gasteiger partial charge < -0.3 is 5.11 Å². The zero-order valence-electron chi connectivity index (χ0n) is 9.98. The number of thioether (sulfide) groups is 1. The van der Waals surface area contributed by atoms with E-state index in [1.165, 1.54) is 32.1 Å². The van der Waals surface area contributed by atoms with Crippen LogP contribution in [0.5, 0.6) is 0 Å². The molecule has 1 aliphatic carbocycles. The highest BCUT2D eigenvalue weighted by Crippen LogP contribution is 2.34. The van der Waals surface area contributed by atoms with Crippen LogP contribution < -0.4 is 0 Å². The van der Waals surface area contributed by atoms with Gasteiger partial charge in [0.05, 0.1) is 5.56 Å². The SMILES string of the molecule is Cc1ccc(C(=O)O)c(SC2CCCCC2)n1. The van der Waals surface area contributed by atoms with Crippen LogP contribution in [0, 0.1) is 6.92 Å². The van der Waals surface area contributed by atoms with Gasteiger partial charge in [0.2, 0.25) is 0 Å². The molecule has 1 heterocycles. The minimum atomic E-state index is -0.879. The molecule has 92 valence electrons. The van der Waals surface area contributed by atoms with Gasteiger partial charge >= 0.3 is 5.97 Å². The number of carbonyl (C=O) groups is 1. The van der Waals surface area contributed by atoms with Crippen molar-refractivity contribution < 1.29 is 9.90 Å². The van der Waals surface area contributed by atoms with Crippen LogP contribution in [0.4, 0.5) is 0 Å². The Labute approximate surface area is 106 Å².